The average molecular weight is 337 g/mol. The quantitative estimate of drug-likeness (QED) is 0.799. The van der Waals surface area contributed by atoms with Crippen molar-refractivity contribution in [2.24, 2.45) is 0 Å². The summed E-state index contributed by atoms with van der Waals surface area (Å²) in [5.74, 6) is 1.36. The van der Waals surface area contributed by atoms with E-state index in [0.29, 0.717) is 18.2 Å². The third-order valence-electron chi connectivity index (χ3n) is 4.45. The Morgan fingerprint density at radius 1 is 1.29 bits per heavy atom. The molecule has 0 saturated carbocycles. The van der Waals surface area contributed by atoms with Crippen LogP contribution < -0.4 is 15.4 Å². The van der Waals surface area contributed by atoms with Crippen LogP contribution in [0.1, 0.15) is 20.3 Å². The number of nitrogens with zero attached hydrogens (tertiary/aromatic N) is 4. The van der Waals surface area contributed by atoms with Gasteiger partial charge in [-0.2, -0.15) is 9.97 Å². The van der Waals surface area contributed by atoms with Crippen molar-refractivity contribution in [2.45, 2.75) is 38.5 Å². The minimum Gasteiger partial charge on any atom is -0.475 e. The van der Waals surface area contributed by atoms with Gasteiger partial charge in [0.15, 0.2) is 0 Å². The van der Waals surface area contributed by atoms with Crippen LogP contribution >= 0.6 is 0 Å². The Labute approximate surface area is 142 Å². The maximum Gasteiger partial charge on any atom is 0.225 e. The Bertz CT molecular complexity index is 551. The molecule has 3 N–H and O–H groups in total. The van der Waals surface area contributed by atoms with E-state index < -0.39 is 6.10 Å². The van der Waals surface area contributed by atoms with Gasteiger partial charge in [-0.05, 0) is 20.3 Å². The second kappa shape index (κ2) is 7.50. The molecule has 0 amide bonds. The molecule has 0 aromatic carbocycles. The number of β-amino-alcohol motifs (C(OH)–C–C–N with tert-alkyl or cyclic N) is 1. The van der Waals surface area contributed by atoms with Crippen LogP contribution in [0.4, 0.5) is 11.8 Å². The molecule has 24 heavy (non-hydrogen) atoms. The van der Waals surface area contributed by atoms with E-state index in [1.54, 1.807) is 6.07 Å². The first-order chi connectivity index (χ1) is 11.5. The van der Waals surface area contributed by atoms with Gasteiger partial charge in [-0.15, -0.1) is 0 Å². The smallest absolute Gasteiger partial charge is 0.225 e. The number of nitrogens with two attached hydrogens (primary N) is 1. The van der Waals surface area contributed by atoms with E-state index in [9.17, 15) is 5.11 Å². The van der Waals surface area contributed by atoms with Gasteiger partial charge in [0.05, 0.1) is 25.4 Å². The van der Waals surface area contributed by atoms with E-state index in [-0.39, 0.29) is 18.1 Å². The fourth-order valence-corrected chi connectivity index (χ4v) is 3.36. The minimum atomic E-state index is -0.428. The molecule has 0 spiro atoms. The number of aliphatic hydroxyl groups excluding tert-OH is 1. The molecule has 0 bridgehead atoms. The van der Waals surface area contributed by atoms with Crippen LogP contribution in [0, 0.1) is 0 Å². The number of anilines is 2. The number of aromatic nitrogens is 2. The molecule has 1 aromatic heterocycles. The molecular formula is C16H27N5O3. The van der Waals surface area contributed by atoms with Crippen molar-refractivity contribution >= 4 is 11.8 Å². The third kappa shape index (κ3) is 4.06. The highest BCUT2D eigenvalue weighted by atomic mass is 16.5. The standard InChI is InChI=1S/C16H27N5O3/c1-11(2)24-15-9-14(18-16(17)19-15)21-4-3-12(13(22)10-21)20-5-7-23-8-6-20/h9,11-13,22H,3-8,10H2,1-2H3,(H2,17,18,19)/t12-,13-/m1/s1. The molecule has 0 radical (unpaired) electrons. The Hall–Kier alpha value is -1.64. The lowest BCUT2D eigenvalue weighted by Crippen LogP contribution is -2.56. The maximum atomic E-state index is 10.6. The molecule has 3 rings (SSSR count). The Kier molecular flexibility index (Phi) is 5.37. The first-order valence-electron chi connectivity index (χ1n) is 8.59. The zero-order valence-corrected chi connectivity index (χ0v) is 14.4. The Morgan fingerprint density at radius 2 is 2.04 bits per heavy atom. The van der Waals surface area contributed by atoms with Gasteiger partial charge in [-0.1, -0.05) is 0 Å². The summed E-state index contributed by atoms with van der Waals surface area (Å²) in [5, 5.41) is 10.6. The summed E-state index contributed by atoms with van der Waals surface area (Å²) in [7, 11) is 0. The number of morpholine rings is 1. The largest absolute Gasteiger partial charge is 0.475 e. The molecule has 2 aliphatic heterocycles. The predicted molar refractivity (Wildman–Crippen MR) is 91.2 cm³/mol. The molecule has 3 heterocycles. The van der Waals surface area contributed by atoms with Gasteiger partial charge in [0.25, 0.3) is 0 Å². The van der Waals surface area contributed by atoms with Gasteiger partial charge in [-0.25, -0.2) is 0 Å². The second-order valence-electron chi connectivity index (χ2n) is 6.61. The molecule has 8 nitrogen and oxygen atoms in total. The van der Waals surface area contributed by atoms with Crippen LogP contribution in [0.5, 0.6) is 5.88 Å². The molecule has 2 fully saturated rings. The SMILES string of the molecule is CC(C)Oc1cc(N2CC[C@@H](N3CCOCC3)[C@H](O)C2)nc(N)n1. The third-order valence-corrected chi connectivity index (χ3v) is 4.45. The number of ether oxygens (including phenoxy) is 2. The van der Waals surface area contributed by atoms with Crippen molar-refractivity contribution < 1.29 is 14.6 Å². The lowest BCUT2D eigenvalue weighted by atomic mass is 9.99. The zero-order valence-electron chi connectivity index (χ0n) is 14.4. The fourth-order valence-electron chi connectivity index (χ4n) is 3.36. The molecule has 2 aliphatic rings. The maximum absolute atomic E-state index is 10.6. The lowest BCUT2D eigenvalue weighted by Gasteiger charge is -2.43. The van der Waals surface area contributed by atoms with E-state index in [1.807, 2.05) is 18.7 Å². The van der Waals surface area contributed by atoms with Gasteiger partial charge >= 0.3 is 0 Å². The second-order valence-corrected chi connectivity index (χ2v) is 6.61. The fraction of sp³-hybridized carbons (Fsp3) is 0.750. The molecular weight excluding hydrogens is 310 g/mol. The van der Waals surface area contributed by atoms with E-state index in [4.69, 9.17) is 15.2 Å². The molecule has 0 aliphatic carbocycles. The summed E-state index contributed by atoms with van der Waals surface area (Å²) in [6, 6.07) is 1.97. The van der Waals surface area contributed by atoms with Crippen molar-refractivity contribution in [3.05, 3.63) is 6.07 Å². The van der Waals surface area contributed by atoms with Gasteiger partial charge in [0.1, 0.15) is 5.82 Å². The molecule has 2 atom stereocenters. The number of hydrogen-bond acceptors (Lipinski definition) is 8. The van der Waals surface area contributed by atoms with Crippen LogP contribution in [-0.4, -0.2) is 77.6 Å². The Balaban J connectivity index is 1.67. The van der Waals surface area contributed by atoms with Crippen LogP contribution in [0.25, 0.3) is 0 Å². The topological polar surface area (TPSA) is 97.0 Å². The molecule has 0 unspecified atom stereocenters. The first-order valence-corrected chi connectivity index (χ1v) is 8.59. The first kappa shape index (κ1) is 17.2. The summed E-state index contributed by atoms with van der Waals surface area (Å²) >= 11 is 0. The van der Waals surface area contributed by atoms with Gasteiger partial charge in [0.2, 0.25) is 11.8 Å². The van der Waals surface area contributed by atoms with Crippen molar-refractivity contribution in [1.82, 2.24) is 14.9 Å². The number of nitrogen functional groups attached to an aromatic ring is 1. The predicted octanol–water partition coefficient (Wildman–Crippen LogP) is 0.118. The number of rotatable bonds is 4. The van der Waals surface area contributed by atoms with E-state index in [2.05, 4.69) is 14.9 Å². The number of piperidine rings is 1. The van der Waals surface area contributed by atoms with E-state index in [1.165, 1.54) is 0 Å². The average Bonchev–Trinajstić information content (AvgIpc) is 2.54. The van der Waals surface area contributed by atoms with Gasteiger partial charge in [-0.3, -0.25) is 4.90 Å². The minimum absolute atomic E-state index is 0.0183. The van der Waals surface area contributed by atoms with Crippen molar-refractivity contribution in [1.29, 1.82) is 0 Å². The highest BCUT2D eigenvalue weighted by Crippen LogP contribution is 2.25. The summed E-state index contributed by atoms with van der Waals surface area (Å²) < 4.78 is 11.0. The summed E-state index contributed by atoms with van der Waals surface area (Å²) in [4.78, 5) is 12.8. The lowest BCUT2D eigenvalue weighted by molar-refractivity contribution is -0.0274. The number of aliphatic hydroxyl groups is 1. The van der Waals surface area contributed by atoms with E-state index in [0.717, 1.165) is 39.3 Å². The summed E-state index contributed by atoms with van der Waals surface area (Å²) in [6.45, 7) is 8.47. The highest BCUT2D eigenvalue weighted by molar-refractivity contribution is 5.46. The highest BCUT2D eigenvalue weighted by Gasteiger charge is 2.33. The van der Waals surface area contributed by atoms with Crippen molar-refractivity contribution in [3.8, 4) is 5.88 Å². The molecule has 1 aromatic rings. The molecule has 134 valence electrons. The molecule has 8 heteroatoms. The summed E-state index contributed by atoms with van der Waals surface area (Å²) in [6.07, 6.45) is 0.470. The van der Waals surface area contributed by atoms with Crippen molar-refractivity contribution in [2.75, 3.05) is 50.0 Å². The van der Waals surface area contributed by atoms with Crippen LogP contribution in [-0.2, 0) is 4.74 Å². The van der Waals surface area contributed by atoms with E-state index >= 15 is 0 Å². The van der Waals surface area contributed by atoms with Crippen LogP contribution in [0.2, 0.25) is 0 Å². The van der Waals surface area contributed by atoms with Crippen LogP contribution in [0.3, 0.4) is 0 Å². The Morgan fingerprint density at radius 3 is 2.71 bits per heavy atom. The van der Waals surface area contributed by atoms with Gasteiger partial charge < -0.3 is 25.2 Å². The zero-order chi connectivity index (χ0) is 17.1. The number of hydrogen-bond donors (Lipinski definition) is 2. The summed E-state index contributed by atoms with van der Waals surface area (Å²) in [5.41, 5.74) is 5.81. The van der Waals surface area contributed by atoms with Gasteiger partial charge in [0, 0.05) is 38.3 Å². The molecule has 2 saturated heterocycles. The monoisotopic (exact) mass is 337 g/mol. The van der Waals surface area contributed by atoms with Crippen molar-refractivity contribution in [3.63, 3.8) is 0 Å². The normalized spacial score (nSPS) is 25.9. The van der Waals surface area contributed by atoms with Crippen LogP contribution in [0.15, 0.2) is 6.07 Å².